The summed E-state index contributed by atoms with van der Waals surface area (Å²) in [4.78, 5) is 42.4. The van der Waals surface area contributed by atoms with E-state index < -0.39 is 11.4 Å². The van der Waals surface area contributed by atoms with Crippen molar-refractivity contribution in [2.24, 2.45) is 10.4 Å². The standard InChI is InChI=1S/C27H23NO5/c1-27(2)14-22(29)19-13-21(26(32)33-23(19)15-27)28-16-20(24(30)17-9-5-3-6-10-17)25(31)18-11-7-4-8-12-18/h3-13,16,30H,14-15H2,1-2H3. The lowest BCUT2D eigenvalue weighted by Gasteiger charge is -2.28. The van der Waals surface area contributed by atoms with Crippen molar-refractivity contribution in [1.82, 2.24) is 0 Å². The number of aliphatic hydroxyl groups is 1. The summed E-state index contributed by atoms with van der Waals surface area (Å²) < 4.78 is 5.41. The molecule has 0 aliphatic heterocycles. The smallest absolute Gasteiger partial charge is 0.362 e. The molecule has 2 aromatic carbocycles. The Bertz CT molecular complexity index is 1330. The van der Waals surface area contributed by atoms with Gasteiger partial charge in [0, 0.05) is 30.2 Å². The number of Topliss-reactive ketones (excluding diaryl/α,β-unsaturated/α-hetero) is 2. The van der Waals surface area contributed by atoms with E-state index in [4.69, 9.17) is 4.42 Å². The highest BCUT2D eigenvalue weighted by Gasteiger charge is 2.33. The first-order chi connectivity index (χ1) is 15.7. The molecule has 3 aromatic rings. The highest BCUT2D eigenvalue weighted by molar-refractivity contribution is 6.25. The number of allylic oxidation sites excluding steroid dienone is 1. The Kier molecular flexibility index (Phi) is 5.92. The topological polar surface area (TPSA) is 96.9 Å². The van der Waals surface area contributed by atoms with Crippen LogP contribution in [0.15, 0.2) is 86.5 Å². The van der Waals surface area contributed by atoms with Crippen LogP contribution in [0.25, 0.3) is 5.76 Å². The first kappa shape index (κ1) is 22.1. The quantitative estimate of drug-likeness (QED) is 0.249. The lowest BCUT2D eigenvalue weighted by molar-refractivity contribution is 0.0897. The van der Waals surface area contributed by atoms with Crippen molar-refractivity contribution in [3.05, 3.63) is 105 Å². The summed E-state index contributed by atoms with van der Waals surface area (Å²) >= 11 is 0. The second-order valence-electron chi connectivity index (χ2n) is 8.78. The fourth-order valence-corrected chi connectivity index (χ4v) is 3.84. The molecule has 1 N–H and O–H groups in total. The summed E-state index contributed by atoms with van der Waals surface area (Å²) in [5, 5.41) is 10.9. The van der Waals surface area contributed by atoms with Crippen LogP contribution in [0.4, 0.5) is 5.69 Å². The summed E-state index contributed by atoms with van der Waals surface area (Å²) in [6, 6.07) is 18.5. The van der Waals surface area contributed by atoms with E-state index in [0.29, 0.717) is 35.3 Å². The van der Waals surface area contributed by atoms with E-state index in [0.717, 1.165) is 6.21 Å². The summed E-state index contributed by atoms with van der Waals surface area (Å²) in [6.07, 6.45) is 1.95. The van der Waals surface area contributed by atoms with Crippen LogP contribution in [-0.4, -0.2) is 22.9 Å². The van der Waals surface area contributed by atoms with Gasteiger partial charge in [0.1, 0.15) is 17.2 Å². The highest BCUT2D eigenvalue weighted by Crippen LogP contribution is 2.35. The third-order valence-corrected chi connectivity index (χ3v) is 5.50. The van der Waals surface area contributed by atoms with E-state index in [2.05, 4.69) is 4.99 Å². The summed E-state index contributed by atoms with van der Waals surface area (Å²) in [6.45, 7) is 3.89. The molecule has 1 aliphatic rings. The monoisotopic (exact) mass is 441 g/mol. The maximum atomic E-state index is 13.2. The fraction of sp³-hybridized carbons (Fsp3) is 0.185. The number of aliphatic imine (C=N–C) groups is 1. The van der Waals surface area contributed by atoms with Crippen molar-refractivity contribution >= 4 is 29.2 Å². The molecule has 0 unspecified atom stereocenters. The molecule has 33 heavy (non-hydrogen) atoms. The van der Waals surface area contributed by atoms with Gasteiger partial charge >= 0.3 is 5.63 Å². The normalized spacial score (nSPS) is 15.8. The van der Waals surface area contributed by atoms with Gasteiger partial charge in [-0.25, -0.2) is 9.79 Å². The number of rotatable bonds is 5. The molecule has 0 radical (unpaired) electrons. The minimum Gasteiger partial charge on any atom is -0.506 e. The molecule has 1 aliphatic carbocycles. The van der Waals surface area contributed by atoms with Gasteiger partial charge in [0.05, 0.1) is 11.1 Å². The summed E-state index contributed by atoms with van der Waals surface area (Å²) in [7, 11) is 0. The van der Waals surface area contributed by atoms with E-state index >= 15 is 0 Å². The van der Waals surface area contributed by atoms with Gasteiger partial charge in [-0.2, -0.15) is 0 Å². The highest BCUT2D eigenvalue weighted by atomic mass is 16.4. The number of benzene rings is 2. The molecule has 6 heteroatoms. The molecular weight excluding hydrogens is 418 g/mol. The zero-order valence-corrected chi connectivity index (χ0v) is 18.4. The maximum Gasteiger partial charge on any atom is 0.362 e. The second-order valence-corrected chi connectivity index (χ2v) is 8.78. The molecule has 0 fully saturated rings. The van der Waals surface area contributed by atoms with Gasteiger partial charge < -0.3 is 9.52 Å². The Morgan fingerprint density at radius 2 is 1.58 bits per heavy atom. The number of fused-ring (bicyclic) bond motifs is 1. The van der Waals surface area contributed by atoms with Crippen LogP contribution in [0.1, 0.15) is 52.3 Å². The SMILES string of the molecule is CC1(C)CC(=O)c2cc(N=CC(C(=O)c3ccccc3)=C(O)c3ccccc3)c(=O)oc2C1. The largest absolute Gasteiger partial charge is 0.506 e. The molecule has 4 rings (SSSR count). The Hall–Kier alpha value is -4.06. The Labute approximate surface area is 190 Å². The van der Waals surface area contributed by atoms with Gasteiger partial charge in [-0.15, -0.1) is 0 Å². The number of carbonyl (C=O) groups excluding carboxylic acids is 2. The van der Waals surface area contributed by atoms with Crippen molar-refractivity contribution < 1.29 is 19.1 Å². The van der Waals surface area contributed by atoms with Gasteiger partial charge in [-0.3, -0.25) is 9.59 Å². The Morgan fingerprint density at radius 3 is 2.21 bits per heavy atom. The molecule has 166 valence electrons. The third kappa shape index (κ3) is 4.75. The average molecular weight is 441 g/mol. The van der Waals surface area contributed by atoms with Gasteiger partial charge in [0.15, 0.2) is 11.6 Å². The number of hydrogen-bond donors (Lipinski definition) is 1. The van der Waals surface area contributed by atoms with Crippen molar-refractivity contribution in [3.63, 3.8) is 0 Å². The molecule has 1 heterocycles. The predicted molar refractivity (Wildman–Crippen MR) is 126 cm³/mol. The molecule has 0 bridgehead atoms. The minimum atomic E-state index is -0.707. The molecule has 0 saturated carbocycles. The average Bonchev–Trinajstić information content (AvgIpc) is 2.80. The Balaban J connectivity index is 1.78. The Morgan fingerprint density at radius 1 is 0.970 bits per heavy atom. The van der Waals surface area contributed by atoms with Gasteiger partial charge in [-0.1, -0.05) is 74.5 Å². The maximum absolute atomic E-state index is 13.2. The minimum absolute atomic E-state index is 0.0861. The zero-order valence-electron chi connectivity index (χ0n) is 18.4. The first-order valence-electron chi connectivity index (χ1n) is 10.6. The first-order valence-corrected chi connectivity index (χ1v) is 10.6. The lowest BCUT2D eigenvalue weighted by Crippen LogP contribution is -2.28. The number of ketones is 2. The van der Waals surface area contributed by atoms with E-state index in [9.17, 15) is 19.5 Å². The van der Waals surface area contributed by atoms with Crippen LogP contribution < -0.4 is 5.63 Å². The lowest BCUT2D eigenvalue weighted by atomic mass is 9.76. The van der Waals surface area contributed by atoms with Gasteiger partial charge in [0.25, 0.3) is 0 Å². The van der Waals surface area contributed by atoms with Gasteiger partial charge in [-0.05, 0) is 11.5 Å². The number of aliphatic hydroxyl groups excluding tert-OH is 1. The molecular formula is C27H23NO5. The van der Waals surface area contributed by atoms with Crippen molar-refractivity contribution in [2.45, 2.75) is 26.7 Å². The van der Waals surface area contributed by atoms with Crippen molar-refractivity contribution in [3.8, 4) is 0 Å². The summed E-state index contributed by atoms with van der Waals surface area (Å²) in [5.74, 6) is -0.498. The molecule has 6 nitrogen and oxygen atoms in total. The van der Waals surface area contributed by atoms with Crippen LogP contribution in [0, 0.1) is 5.41 Å². The summed E-state index contributed by atoms with van der Waals surface area (Å²) in [5.41, 5.74) is -0.0773. The van der Waals surface area contributed by atoms with E-state index in [-0.39, 0.29) is 28.2 Å². The van der Waals surface area contributed by atoms with Crippen LogP contribution in [0.5, 0.6) is 0 Å². The van der Waals surface area contributed by atoms with E-state index in [1.54, 1.807) is 60.7 Å². The zero-order chi connectivity index (χ0) is 23.6. The van der Waals surface area contributed by atoms with Crippen LogP contribution in [-0.2, 0) is 6.42 Å². The molecule has 0 saturated heterocycles. The molecule has 0 atom stereocenters. The molecule has 1 aromatic heterocycles. The number of nitrogens with zero attached hydrogens (tertiary/aromatic N) is 1. The second kappa shape index (κ2) is 8.82. The molecule has 0 spiro atoms. The fourth-order valence-electron chi connectivity index (χ4n) is 3.84. The van der Waals surface area contributed by atoms with Crippen LogP contribution >= 0.6 is 0 Å². The van der Waals surface area contributed by atoms with E-state index in [1.165, 1.54) is 6.07 Å². The number of hydrogen-bond acceptors (Lipinski definition) is 6. The van der Waals surface area contributed by atoms with Crippen LogP contribution in [0.2, 0.25) is 0 Å². The van der Waals surface area contributed by atoms with Crippen molar-refractivity contribution in [1.29, 1.82) is 0 Å². The number of carbonyl (C=O) groups is 2. The molecule has 0 amide bonds. The van der Waals surface area contributed by atoms with Crippen LogP contribution in [0.3, 0.4) is 0 Å². The van der Waals surface area contributed by atoms with E-state index in [1.807, 2.05) is 13.8 Å². The third-order valence-electron chi connectivity index (χ3n) is 5.50. The van der Waals surface area contributed by atoms with Gasteiger partial charge in [0.2, 0.25) is 0 Å². The predicted octanol–water partition coefficient (Wildman–Crippen LogP) is 5.35. The van der Waals surface area contributed by atoms with Crippen molar-refractivity contribution in [2.75, 3.05) is 0 Å².